The van der Waals surface area contributed by atoms with E-state index < -0.39 is 0 Å². The van der Waals surface area contributed by atoms with Gasteiger partial charge in [0.25, 0.3) is 0 Å². The maximum Gasteiger partial charge on any atom is 0.149 e. The van der Waals surface area contributed by atoms with Gasteiger partial charge in [0.2, 0.25) is 0 Å². The van der Waals surface area contributed by atoms with Crippen LogP contribution in [0, 0.1) is 5.92 Å². The van der Waals surface area contributed by atoms with E-state index in [9.17, 15) is 0 Å². The van der Waals surface area contributed by atoms with Crippen molar-refractivity contribution in [3.8, 4) is 0 Å². The highest BCUT2D eigenvalue weighted by Gasteiger charge is 2.17. The Morgan fingerprint density at radius 2 is 1.80 bits per heavy atom. The van der Waals surface area contributed by atoms with Gasteiger partial charge in [-0.25, -0.2) is 4.98 Å². The van der Waals surface area contributed by atoms with E-state index in [4.69, 9.17) is 23.2 Å². The second-order valence-electron chi connectivity index (χ2n) is 4.88. The zero-order valence-electron chi connectivity index (χ0n) is 12.8. The molecular weight excluding hydrogens is 293 g/mol. The summed E-state index contributed by atoms with van der Waals surface area (Å²) in [6, 6.07) is 1.78. The van der Waals surface area contributed by atoms with Crippen LogP contribution in [0.25, 0.3) is 0 Å². The molecule has 1 rings (SSSR count). The molecule has 1 aromatic rings. The van der Waals surface area contributed by atoms with Crippen molar-refractivity contribution >= 4 is 34.8 Å². The van der Waals surface area contributed by atoms with Gasteiger partial charge in [0, 0.05) is 19.6 Å². The van der Waals surface area contributed by atoms with Crippen molar-refractivity contribution in [3.63, 3.8) is 0 Å². The lowest BCUT2D eigenvalue weighted by Gasteiger charge is -2.27. The van der Waals surface area contributed by atoms with Gasteiger partial charge in [-0.15, -0.1) is 0 Å². The highest BCUT2D eigenvalue weighted by atomic mass is 35.5. The van der Waals surface area contributed by atoms with Crippen LogP contribution in [0.1, 0.15) is 40.5 Å². The largest absolute Gasteiger partial charge is 0.369 e. The second kappa shape index (κ2) is 8.58. The number of pyridine rings is 1. The first-order valence-corrected chi connectivity index (χ1v) is 8.17. The van der Waals surface area contributed by atoms with Crippen LogP contribution >= 0.6 is 23.2 Å². The predicted molar refractivity (Wildman–Crippen MR) is 90.4 cm³/mol. The smallest absolute Gasteiger partial charge is 0.149 e. The Morgan fingerprint density at radius 1 is 1.15 bits per heavy atom. The van der Waals surface area contributed by atoms with Crippen LogP contribution in [0.5, 0.6) is 0 Å². The fourth-order valence-corrected chi connectivity index (χ4v) is 2.74. The van der Waals surface area contributed by atoms with Crippen molar-refractivity contribution in [2.75, 3.05) is 29.9 Å². The molecule has 1 heterocycles. The minimum Gasteiger partial charge on any atom is -0.369 e. The van der Waals surface area contributed by atoms with Crippen LogP contribution in [0.4, 0.5) is 11.6 Å². The Kier molecular flexibility index (Phi) is 7.46. The Morgan fingerprint density at radius 3 is 2.30 bits per heavy atom. The third-order valence-corrected chi connectivity index (χ3v) is 4.14. The fraction of sp³-hybridized carbons (Fsp3) is 0.667. The van der Waals surface area contributed by atoms with Crippen LogP contribution in [-0.2, 0) is 0 Å². The van der Waals surface area contributed by atoms with Gasteiger partial charge in [0.1, 0.15) is 11.6 Å². The van der Waals surface area contributed by atoms with Gasteiger partial charge < -0.3 is 10.2 Å². The molecule has 114 valence electrons. The SMILES string of the molecule is CCNc1nc(N(CC)CC(CC)CC)c(Cl)cc1Cl. The van der Waals surface area contributed by atoms with E-state index in [1.54, 1.807) is 6.07 Å². The van der Waals surface area contributed by atoms with Gasteiger partial charge in [0.05, 0.1) is 10.0 Å². The number of hydrogen-bond donors (Lipinski definition) is 1. The maximum atomic E-state index is 6.33. The number of hydrogen-bond acceptors (Lipinski definition) is 3. The first-order chi connectivity index (χ1) is 9.57. The van der Waals surface area contributed by atoms with E-state index in [0.717, 1.165) is 38.3 Å². The van der Waals surface area contributed by atoms with Crippen molar-refractivity contribution in [2.24, 2.45) is 5.92 Å². The summed E-state index contributed by atoms with van der Waals surface area (Å²) in [7, 11) is 0. The van der Waals surface area contributed by atoms with Gasteiger partial charge in [0.15, 0.2) is 0 Å². The third kappa shape index (κ3) is 4.42. The summed E-state index contributed by atoms with van der Waals surface area (Å²) in [4.78, 5) is 6.84. The molecule has 0 saturated carbocycles. The van der Waals surface area contributed by atoms with Gasteiger partial charge in [-0.05, 0) is 25.8 Å². The van der Waals surface area contributed by atoms with E-state index in [1.807, 2.05) is 6.92 Å². The van der Waals surface area contributed by atoms with Crippen molar-refractivity contribution in [1.82, 2.24) is 4.98 Å². The minimum absolute atomic E-state index is 0.569. The van der Waals surface area contributed by atoms with Gasteiger partial charge >= 0.3 is 0 Å². The number of rotatable bonds is 8. The lowest BCUT2D eigenvalue weighted by atomic mass is 10.0. The number of nitrogens with one attached hydrogen (secondary N) is 1. The molecule has 3 nitrogen and oxygen atoms in total. The lowest BCUT2D eigenvalue weighted by Crippen LogP contribution is -2.30. The summed E-state index contributed by atoms with van der Waals surface area (Å²) in [6.45, 7) is 11.2. The molecule has 5 heteroatoms. The average Bonchev–Trinajstić information content (AvgIpc) is 2.44. The average molecular weight is 318 g/mol. The highest BCUT2D eigenvalue weighted by Crippen LogP contribution is 2.32. The third-order valence-electron chi connectivity index (χ3n) is 3.57. The van der Waals surface area contributed by atoms with Gasteiger partial charge in [-0.1, -0.05) is 49.9 Å². The summed E-state index contributed by atoms with van der Waals surface area (Å²) in [5, 5.41) is 4.36. The molecule has 0 bridgehead atoms. The number of anilines is 2. The van der Waals surface area contributed by atoms with Crippen LogP contribution in [0.2, 0.25) is 10.0 Å². The fourth-order valence-electron chi connectivity index (χ4n) is 2.19. The summed E-state index contributed by atoms with van der Waals surface area (Å²) in [6.07, 6.45) is 2.33. The molecule has 0 fully saturated rings. The molecule has 0 aliphatic heterocycles. The Labute approximate surface area is 132 Å². The molecule has 0 amide bonds. The quantitative estimate of drug-likeness (QED) is 0.724. The molecule has 0 aliphatic carbocycles. The topological polar surface area (TPSA) is 28.2 Å². The van der Waals surface area contributed by atoms with Crippen molar-refractivity contribution in [3.05, 3.63) is 16.1 Å². The zero-order chi connectivity index (χ0) is 15.1. The summed E-state index contributed by atoms with van der Waals surface area (Å²) >= 11 is 12.5. The number of aromatic nitrogens is 1. The Bertz CT molecular complexity index is 420. The molecule has 0 atom stereocenters. The monoisotopic (exact) mass is 317 g/mol. The van der Waals surface area contributed by atoms with Gasteiger partial charge in [-0.3, -0.25) is 0 Å². The van der Waals surface area contributed by atoms with Crippen molar-refractivity contribution in [1.29, 1.82) is 0 Å². The first kappa shape index (κ1) is 17.4. The number of nitrogens with zero attached hydrogens (tertiary/aromatic N) is 2. The van der Waals surface area contributed by atoms with Crippen molar-refractivity contribution in [2.45, 2.75) is 40.5 Å². The van der Waals surface area contributed by atoms with Crippen molar-refractivity contribution < 1.29 is 0 Å². The minimum atomic E-state index is 0.569. The standard InChI is InChI=1S/C15H25Cl2N3/c1-5-11(6-2)10-20(8-4)15-13(17)9-12(16)14(19-15)18-7-3/h9,11H,5-8,10H2,1-4H3,(H,18,19). The maximum absolute atomic E-state index is 6.33. The van der Waals surface area contributed by atoms with Crippen LogP contribution in [-0.4, -0.2) is 24.6 Å². The summed E-state index contributed by atoms with van der Waals surface area (Å²) in [5.41, 5.74) is 0. The molecule has 0 unspecified atom stereocenters. The molecule has 0 aromatic carbocycles. The molecule has 1 N–H and O–H groups in total. The summed E-state index contributed by atoms with van der Waals surface area (Å²) in [5.74, 6) is 2.18. The van der Waals surface area contributed by atoms with Crippen LogP contribution in [0.15, 0.2) is 6.07 Å². The van der Waals surface area contributed by atoms with Gasteiger partial charge in [-0.2, -0.15) is 0 Å². The summed E-state index contributed by atoms with van der Waals surface area (Å²) < 4.78 is 0. The molecule has 0 aliphatic rings. The molecule has 0 saturated heterocycles. The van der Waals surface area contributed by atoms with Crippen LogP contribution in [0.3, 0.4) is 0 Å². The molecule has 0 radical (unpaired) electrons. The lowest BCUT2D eigenvalue weighted by molar-refractivity contribution is 0.484. The molecular formula is C15H25Cl2N3. The highest BCUT2D eigenvalue weighted by molar-refractivity contribution is 6.37. The molecule has 20 heavy (non-hydrogen) atoms. The van der Waals surface area contributed by atoms with E-state index >= 15 is 0 Å². The Hall–Kier alpha value is -0.670. The van der Waals surface area contributed by atoms with Crippen LogP contribution < -0.4 is 10.2 Å². The van der Waals surface area contributed by atoms with E-state index in [1.165, 1.54) is 0 Å². The van der Waals surface area contributed by atoms with E-state index in [0.29, 0.717) is 21.8 Å². The Balaban J connectivity index is 3.04. The second-order valence-corrected chi connectivity index (χ2v) is 5.69. The molecule has 0 spiro atoms. The normalized spacial score (nSPS) is 10.9. The predicted octanol–water partition coefficient (Wildman–Crippen LogP) is 5.08. The van der Waals surface area contributed by atoms with E-state index in [2.05, 4.69) is 36.0 Å². The molecule has 1 aromatic heterocycles. The first-order valence-electron chi connectivity index (χ1n) is 7.42. The van der Waals surface area contributed by atoms with E-state index in [-0.39, 0.29) is 0 Å². The number of halogens is 2. The zero-order valence-corrected chi connectivity index (χ0v) is 14.4.